The zero-order valence-electron chi connectivity index (χ0n) is 9.89. The van der Waals surface area contributed by atoms with Crippen molar-refractivity contribution in [1.82, 2.24) is 4.98 Å². The number of nitrogens with one attached hydrogen (secondary N) is 1. The molecule has 2 rings (SSSR count). The van der Waals surface area contributed by atoms with Crippen LogP contribution in [-0.2, 0) is 0 Å². The molecule has 19 heavy (non-hydrogen) atoms. The first-order valence-corrected chi connectivity index (χ1v) is 6.15. The lowest BCUT2D eigenvalue weighted by Gasteiger charge is -2.05. The molecule has 0 unspecified atom stereocenters. The van der Waals surface area contributed by atoms with E-state index in [1.54, 1.807) is 6.20 Å². The smallest absolute Gasteiger partial charge is 0.387 e. The van der Waals surface area contributed by atoms with E-state index in [-0.39, 0.29) is 11.7 Å². The predicted octanol–water partition coefficient (Wildman–Crippen LogP) is 3.31. The number of hydrogen-bond donors (Lipinski definition) is 1. The van der Waals surface area contributed by atoms with Crippen LogP contribution in [0.1, 0.15) is 15.2 Å². The van der Waals surface area contributed by atoms with Crippen LogP contribution in [0.15, 0.2) is 30.5 Å². The molecule has 1 aromatic heterocycles. The van der Waals surface area contributed by atoms with Crippen molar-refractivity contribution >= 4 is 22.4 Å². The van der Waals surface area contributed by atoms with Crippen molar-refractivity contribution in [3.05, 3.63) is 40.9 Å². The Hall–Kier alpha value is -2.02. The van der Waals surface area contributed by atoms with Crippen LogP contribution in [0.4, 0.5) is 13.9 Å². The number of aryl methyl sites for hydroxylation is 1. The SMILES string of the molecule is Cc1cnc(NC(=O)c2ccc(OC(F)F)cc2)s1. The van der Waals surface area contributed by atoms with Gasteiger partial charge in [0.15, 0.2) is 5.13 Å². The van der Waals surface area contributed by atoms with Crippen LogP contribution in [0.25, 0.3) is 0 Å². The average molecular weight is 284 g/mol. The molecule has 100 valence electrons. The molecule has 0 bridgehead atoms. The monoisotopic (exact) mass is 284 g/mol. The number of hydrogen-bond acceptors (Lipinski definition) is 4. The first-order valence-electron chi connectivity index (χ1n) is 5.33. The number of amides is 1. The molecule has 0 radical (unpaired) electrons. The number of carbonyl (C=O) groups excluding carboxylic acids is 1. The summed E-state index contributed by atoms with van der Waals surface area (Å²) >= 11 is 1.36. The van der Waals surface area contributed by atoms with Gasteiger partial charge in [-0.25, -0.2) is 4.98 Å². The van der Waals surface area contributed by atoms with Gasteiger partial charge in [0.25, 0.3) is 5.91 Å². The van der Waals surface area contributed by atoms with Crippen molar-refractivity contribution in [3.63, 3.8) is 0 Å². The van der Waals surface area contributed by atoms with Gasteiger partial charge in [-0.05, 0) is 31.2 Å². The normalized spacial score (nSPS) is 10.5. The molecule has 0 spiro atoms. The Morgan fingerprint density at radius 1 is 1.37 bits per heavy atom. The Morgan fingerprint density at radius 2 is 2.05 bits per heavy atom. The van der Waals surface area contributed by atoms with Crippen molar-refractivity contribution < 1.29 is 18.3 Å². The average Bonchev–Trinajstić information content (AvgIpc) is 2.75. The molecule has 0 atom stereocenters. The number of carbonyl (C=O) groups is 1. The van der Waals surface area contributed by atoms with Crippen molar-refractivity contribution in [1.29, 1.82) is 0 Å². The lowest BCUT2D eigenvalue weighted by molar-refractivity contribution is -0.0498. The van der Waals surface area contributed by atoms with Crippen LogP contribution in [0.3, 0.4) is 0 Å². The summed E-state index contributed by atoms with van der Waals surface area (Å²) in [5.41, 5.74) is 0.342. The summed E-state index contributed by atoms with van der Waals surface area (Å²) in [5.74, 6) is -0.338. The lowest BCUT2D eigenvalue weighted by Crippen LogP contribution is -2.11. The minimum Gasteiger partial charge on any atom is -0.435 e. The zero-order chi connectivity index (χ0) is 13.8. The maximum absolute atomic E-state index is 12.0. The third kappa shape index (κ3) is 3.72. The van der Waals surface area contributed by atoms with Crippen molar-refractivity contribution in [2.24, 2.45) is 0 Å². The number of ether oxygens (including phenoxy) is 1. The van der Waals surface area contributed by atoms with E-state index in [0.717, 1.165) is 4.88 Å². The molecule has 0 aliphatic heterocycles. The Balaban J connectivity index is 2.03. The molecule has 0 aliphatic carbocycles. The van der Waals surface area contributed by atoms with E-state index in [9.17, 15) is 13.6 Å². The number of nitrogens with zero attached hydrogens (tertiary/aromatic N) is 1. The highest BCUT2D eigenvalue weighted by atomic mass is 32.1. The molecule has 1 N–H and O–H groups in total. The van der Waals surface area contributed by atoms with Crippen molar-refractivity contribution in [3.8, 4) is 5.75 Å². The Kier molecular flexibility index (Phi) is 4.06. The zero-order valence-corrected chi connectivity index (χ0v) is 10.7. The van der Waals surface area contributed by atoms with Gasteiger partial charge in [0, 0.05) is 16.6 Å². The second-order valence-corrected chi connectivity index (χ2v) is 4.87. The van der Waals surface area contributed by atoms with Crippen molar-refractivity contribution in [2.45, 2.75) is 13.5 Å². The Morgan fingerprint density at radius 3 is 2.58 bits per heavy atom. The van der Waals surface area contributed by atoms with Crippen LogP contribution in [0.2, 0.25) is 0 Å². The highest BCUT2D eigenvalue weighted by Crippen LogP contribution is 2.19. The molecule has 1 aromatic carbocycles. The molecular weight excluding hydrogens is 274 g/mol. The summed E-state index contributed by atoms with van der Waals surface area (Å²) in [7, 11) is 0. The van der Waals surface area contributed by atoms with E-state index in [4.69, 9.17) is 0 Å². The number of anilines is 1. The van der Waals surface area contributed by atoms with Crippen LogP contribution in [0, 0.1) is 6.92 Å². The maximum atomic E-state index is 12.0. The van der Waals surface area contributed by atoms with Crippen LogP contribution >= 0.6 is 11.3 Å². The van der Waals surface area contributed by atoms with Gasteiger partial charge in [0.2, 0.25) is 0 Å². The van der Waals surface area contributed by atoms with E-state index < -0.39 is 6.61 Å². The third-order valence-electron chi connectivity index (χ3n) is 2.18. The van der Waals surface area contributed by atoms with Crippen molar-refractivity contribution in [2.75, 3.05) is 5.32 Å². The maximum Gasteiger partial charge on any atom is 0.387 e. The molecule has 1 heterocycles. The number of halogens is 2. The van der Waals surface area contributed by atoms with Crippen LogP contribution in [0.5, 0.6) is 5.75 Å². The van der Waals surface area contributed by atoms with Gasteiger partial charge >= 0.3 is 6.61 Å². The fourth-order valence-electron chi connectivity index (χ4n) is 1.37. The highest BCUT2D eigenvalue weighted by molar-refractivity contribution is 7.15. The summed E-state index contributed by atoms with van der Waals surface area (Å²) in [6.45, 7) is -0.998. The Labute approximate surface area is 112 Å². The molecule has 0 fully saturated rings. The van der Waals surface area contributed by atoms with E-state index in [2.05, 4.69) is 15.0 Å². The van der Waals surface area contributed by atoms with Gasteiger partial charge in [0.05, 0.1) is 0 Å². The van der Waals surface area contributed by atoms with Gasteiger partial charge in [0.1, 0.15) is 5.75 Å². The number of benzene rings is 1. The summed E-state index contributed by atoms with van der Waals surface area (Å²) in [5, 5.41) is 3.11. The van der Waals surface area contributed by atoms with Gasteiger partial charge in [-0.1, -0.05) is 0 Å². The fraction of sp³-hybridized carbons (Fsp3) is 0.167. The van der Waals surface area contributed by atoms with Gasteiger partial charge in [-0.3, -0.25) is 10.1 Å². The number of thiazole rings is 1. The summed E-state index contributed by atoms with van der Waals surface area (Å²) < 4.78 is 28.1. The van der Waals surface area contributed by atoms with Crippen LogP contribution in [-0.4, -0.2) is 17.5 Å². The summed E-state index contributed by atoms with van der Waals surface area (Å²) in [6, 6.07) is 5.45. The number of alkyl halides is 2. The second kappa shape index (κ2) is 5.75. The number of rotatable bonds is 4. The lowest BCUT2D eigenvalue weighted by atomic mass is 10.2. The van der Waals surface area contributed by atoms with Gasteiger partial charge in [-0.15, -0.1) is 11.3 Å². The summed E-state index contributed by atoms with van der Waals surface area (Å²) in [4.78, 5) is 16.8. The number of aromatic nitrogens is 1. The topological polar surface area (TPSA) is 51.2 Å². The second-order valence-electron chi connectivity index (χ2n) is 3.63. The largest absolute Gasteiger partial charge is 0.435 e. The van der Waals surface area contributed by atoms with Gasteiger partial charge in [-0.2, -0.15) is 8.78 Å². The fourth-order valence-corrected chi connectivity index (χ4v) is 2.03. The quantitative estimate of drug-likeness (QED) is 0.937. The first kappa shape index (κ1) is 13.4. The molecule has 7 heteroatoms. The minimum absolute atomic E-state index is 0.0108. The van der Waals surface area contributed by atoms with E-state index in [0.29, 0.717) is 10.7 Å². The molecule has 4 nitrogen and oxygen atoms in total. The predicted molar refractivity (Wildman–Crippen MR) is 67.9 cm³/mol. The molecule has 2 aromatic rings. The van der Waals surface area contributed by atoms with E-state index >= 15 is 0 Å². The highest BCUT2D eigenvalue weighted by Gasteiger charge is 2.09. The molecular formula is C12H10F2N2O2S. The minimum atomic E-state index is -2.88. The van der Waals surface area contributed by atoms with E-state index in [1.165, 1.54) is 35.6 Å². The van der Waals surface area contributed by atoms with Gasteiger partial charge < -0.3 is 4.74 Å². The van der Waals surface area contributed by atoms with E-state index in [1.807, 2.05) is 6.92 Å². The first-order chi connectivity index (χ1) is 9.04. The molecule has 0 saturated heterocycles. The standard InChI is InChI=1S/C12H10F2N2O2S/c1-7-6-15-12(19-7)16-10(17)8-2-4-9(5-3-8)18-11(13)14/h2-6,11H,1H3,(H,15,16,17). The third-order valence-corrected chi connectivity index (χ3v) is 3.01. The summed E-state index contributed by atoms with van der Waals surface area (Å²) in [6.07, 6.45) is 1.65. The van der Waals surface area contributed by atoms with Crippen LogP contribution < -0.4 is 10.1 Å². The Bertz CT molecular complexity index is 569. The molecule has 1 amide bonds. The molecule has 0 saturated carbocycles. The molecule has 0 aliphatic rings.